The molecule has 1 fully saturated rings. The summed E-state index contributed by atoms with van der Waals surface area (Å²) >= 11 is 6.13. The molecular formula is C21H32ClN5O2. The molecule has 0 saturated carbocycles. The molecule has 0 radical (unpaired) electrons. The molecular weight excluding hydrogens is 390 g/mol. The second-order valence-corrected chi connectivity index (χ2v) is 8.20. The summed E-state index contributed by atoms with van der Waals surface area (Å²) in [4.78, 5) is 10.1. The summed E-state index contributed by atoms with van der Waals surface area (Å²) < 4.78 is 5.37. The number of H-pyrrole nitrogens is 1. The van der Waals surface area contributed by atoms with E-state index in [1.54, 1.807) is 0 Å². The number of nitrogens with one attached hydrogen (secondary N) is 3. The van der Waals surface area contributed by atoms with E-state index < -0.39 is 5.60 Å². The number of hydrogen-bond acceptors (Lipinski definition) is 4. The van der Waals surface area contributed by atoms with Crippen LogP contribution in [0.2, 0.25) is 5.02 Å². The average Bonchev–Trinajstić information content (AvgIpc) is 3.09. The highest BCUT2D eigenvalue weighted by molar-refractivity contribution is 6.31. The maximum absolute atomic E-state index is 10.7. The normalized spacial score (nSPS) is 18.0. The molecule has 1 atom stereocenters. The zero-order chi connectivity index (χ0) is 20.7. The zero-order valence-corrected chi connectivity index (χ0v) is 18.1. The number of guanidine groups is 1. The second-order valence-electron chi connectivity index (χ2n) is 7.76. The van der Waals surface area contributed by atoms with Gasteiger partial charge in [0.25, 0.3) is 0 Å². The molecule has 0 spiro atoms. The first-order valence-corrected chi connectivity index (χ1v) is 10.6. The highest BCUT2D eigenvalue weighted by Gasteiger charge is 2.25. The fourth-order valence-corrected chi connectivity index (χ4v) is 3.73. The Kier molecular flexibility index (Phi) is 7.77. The van der Waals surface area contributed by atoms with E-state index in [0.29, 0.717) is 19.0 Å². The molecule has 7 nitrogen and oxygen atoms in total. The number of aliphatic imine (C=N–C) groups is 1. The number of fused-ring (bicyclic) bond motifs is 1. The summed E-state index contributed by atoms with van der Waals surface area (Å²) in [5.41, 5.74) is 1.42. The van der Waals surface area contributed by atoms with Crippen LogP contribution in [0.5, 0.6) is 0 Å². The van der Waals surface area contributed by atoms with Crippen LogP contribution < -0.4 is 10.6 Å². The SMILES string of the molecule is CCNC(=NCC(C)(O)CN1CCOCC1)NCCc1c[nH]c2ccc(Cl)cc12. The number of ether oxygens (including phenoxy) is 1. The van der Waals surface area contributed by atoms with E-state index in [0.717, 1.165) is 61.7 Å². The molecule has 29 heavy (non-hydrogen) atoms. The van der Waals surface area contributed by atoms with E-state index in [-0.39, 0.29) is 0 Å². The van der Waals surface area contributed by atoms with Gasteiger partial charge in [0.15, 0.2) is 5.96 Å². The third-order valence-corrected chi connectivity index (χ3v) is 5.24. The molecule has 4 N–H and O–H groups in total. The Morgan fingerprint density at radius 1 is 1.34 bits per heavy atom. The Balaban J connectivity index is 1.53. The summed E-state index contributed by atoms with van der Waals surface area (Å²) in [6.07, 6.45) is 2.87. The van der Waals surface area contributed by atoms with E-state index >= 15 is 0 Å². The van der Waals surface area contributed by atoms with Crippen molar-refractivity contribution in [3.63, 3.8) is 0 Å². The van der Waals surface area contributed by atoms with E-state index in [1.807, 2.05) is 38.2 Å². The molecule has 2 heterocycles. The van der Waals surface area contributed by atoms with Crippen molar-refractivity contribution in [3.05, 3.63) is 35.0 Å². The first kappa shape index (κ1) is 21.9. The number of halogens is 1. The molecule has 8 heteroatoms. The fraction of sp³-hybridized carbons (Fsp3) is 0.571. The number of aromatic nitrogens is 1. The number of hydrogen-bond donors (Lipinski definition) is 4. The molecule has 0 amide bonds. The lowest BCUT2D eigenvalue weighted by Crippen LogP contribution is -2.48. The summed E-state index contributed by atoms with van der Waals surface area (Å²) in [6.45, 7) is 9.45. The fourth-order valence-electron chi connectivity index (χ4n) is 3.56. The maximum Gasteiger partial charge on any atom is 0.191 e. The van der Waals surface area contributed by atoms with Crippen molar-refractivity contribution >= 4 is 28.5 Å². The number of β-amino-alcohol motifs (C(OH)–C–C–N with tert-alkyl or cyclic N) is 1. The first-order valence-electron chi connectivity index (χ1n) is 10.3. The van der Waals surface area contributed by atoms with Gasteiger partial charge in [-0.05, 0) is 44.0 Å². The van der Waals surface area contributed by atoms with Gasteiger partial charge in [0.05, 0.1) is 25.4 Å². The Labute approximate surface area is 177 Å². The zero-order valence-electron chi connectivity index (χ0n) is 17.3. The Morgan fingerprint density at radius 3 is 2.90 bits per heavy atom. The van der Waals surface area contributed by atoms with Crippen LogP contribution in [0.25, 0.3) is 10.9 Å². The smallest absolute Gasteiger partial charge is 0.191 e. The molecule has 1 aromatic heterocycles. The molecule has 1 aromatic carbocycles. The van der Waals surface area contributed by atoms with Gasteiger partial charge >= 0.3 is 0 Å². The first-order chi connectivity index (χ1) is 14.0. The van der Waals surface area contributed by atoms with Gasteiger partial charge in [0, 0.05) is 54.8 Å². The van der Waals surface area contributed by atoms with Gasteiger partial charge in [0.2, 0.25) is 0 Å². The van der Waals surface area contributed by atoms with Gasteiger partial charge < -0.3 is 25.5 Å². The van der Waals surface area contributed by atoms with E-state index in [9.17, 15) is 5.11 Å². The van der Waals surface area contributed by atoms with Gasteiger partial charge in [-0.1, -0.05) is 11.6 Å². The van der Waals surface area contributed by atoms with Crippen LogP contribution in [-0.4, -0.2) is 79.0 Å². The van der Waals surface area contributed by atoms with Crippen molar-refractivity contribution in [1.82, 2.24) is 20.5 Å². The van der Waals surface area contributed by atoms with Crippen molar-refractivity contribution < 1.29 is 9.84 Å². The van der Waals surface area contributed by atoms with Crippen molar-refractivity contribution in [3.8, 4) is 0 Å². The molecule has 1 saturated heterocycles. The van der Waals surface area contributed by atoms with Gasteiger partial charge in [-0.2, -0.15) is 0 Å². The molecule has 0 bridgehead atoms. The second kappa shape index (κ2) is 10.3. The molecule has 1 unspecified atom stereocenters. The molecule has 0 aliphatic carbocycles. The number of morpholine rings is 1. The van der Waals surface area contributed by atoms with Crippen LogP contribution in [-0.2, 0) is 11.2 Å². The van der Waals surface area contributed by atoms with E-state index in [2.05, 4.69) is 25.5 Å². The monoisotopic (exact) mass is 421 g/mol. The number of rotatable bonds is 8. The highest BCUT2D eigenvalue weighted by Crippen LogP contribution is 2.22. The summed E-state index contributed by atoms with van der Waals surface area (Å²) in [5.74, 6) is 0.715. The van der Waals surface area contributed by atoms with Gasteiger partial charge in [0.1, 0.15) is 0 Å². The van der Waals surface area contributed by atoms with Crippen LogP contribution in [0.4, 0.5) is 0 Å². The topological polar surface area (TPSA) is 84.9 Å². The summed E-state index contributed by atoms with van der Waals surface area (Å²) in [6, 6.07) is 5.88. The summed E-state index contributed by atoms with van der Waals surface area (Å²) in [5, 5.41) is 19.2. The minimum Gasteiger partial charge on any atom is -0.387 e. The van der Waals surface area contributed by atoms with Gasteiger partial charge in [-0.3, -0.25) is 9.89 Å². The number of aliphatic hydroxyl groups is 1. The Bertz CT molecular complexity index is 815. The largest absolute Gasteiger partial charge is 0.387 e. The number of aromatic amines is 1. The van der Waals surface area contributed by atoms with Crippen molar-refractivity contribution in [2.75, 3.05) is 52.5 Å². The minimum absolute atomic E-state index is 0.336. The lowest BCUT2D eigenvalue weighted by Gasteiger charge is -2.33. The van der Waals surface area contributed by atoms with Crippen LogP contribution in [0.15, 0.2) is 29.4 Å². The number of benzene rings is 1. The third kappa shape index (κ3) is 6.60. The van der Waals surface area contributed by atoms with Crippen molar-refractivity contribution in [2.24, 2.45) is 4.99 Å². The lowest BCUT2D eigenvalue weighted by molar-refractivity contribution is -0.0179. The van der Waals surface area contributed by atoms with Crippen LogP contribution in [0, 0.1) is 0 Å². The highest BCUT2D eigenvalue weighted by atomic mass is 35.5. The predicted octanol–water partition coefficient (Wildman–Crippen LogP) is 2.00. The van der Waals surface area contributed by atoms with Crippen LogP contribution in [0.1, 0.15) is 19.4 Å². The van der Waals surface area contributed by atoms with Crippen LogP contribution >= 0.6 is 11.6 Å². The maximum atomic E-state index is 10.7. The van der Waals surface area contributed by atoms with Crippen molar-refractivity contribution in [2.45, 2.75) is 25.9 Å². The number of nitrogens with zero attached hydrogens (tertiary/aromatic N) is 2. The minimum atomic E-state index is -0.882. The van der Waals surface area contributed by atoms with Gasteiger partial charge in [-0.25, -0.2) is 0 Å². The Morgan fingerprint density at radius 2 is 2.14 bits per heavy atom. The molecule has 160 valence electrons. The molecule has 2 aromatic rings. The van der Waals surface area contributed by atoms with E-state index in [4.69, 9.17) is 16.3 Å². The third-order valence-electron chi connectivity index (χ3n) is 5.01. The quantitative estimate of drug-likeness (QED) is 0.387. The van der Waals surface area contributed by atoms with Crippen molar-refractivity contribution in [1.29, 1.82) is 0 Å². The summed E-state index contributed by atoms with van der Waals surface area (Å²) in [7, 11) is 0. The Hall–Kier alpha value is -1.80. The standard InChI is InChI=1S/C21H32ClN5O2/c1-3-23-20(26-14-21(2,28)15-27-8-10-29-11-9-27)24-7-6-16-13-25-19-5-4-17(22)12-18(16)19/h4-5,12-13,25,28H,3,6-11,14-15H2,1-2H3,(H2,23,24,26). The lowest BCUT2D eigenvalue weighted by atomic mass is 10.1. The molecule has 1 aliphatic rings. The molecule has 3 rings (SSSR count). The average molecular weight is 422 g/mol. The van der Waals surface area contributed by atoms with Crippen LogP contribution in [0.3, 0.4) is 0 Å². The molecule has 1 aliphatic heterocycles. The predicted molar refractivity (Wildman–Crippen MR) is 119 cm³/mol. The van der Waals surface area contributed by atoms with Gasteiger partial charge in [-0.15, -0.1) is 0 Å². The van der Waals surface area contributed by atoms with E-state index in [1.165, 1.54) is 5.56 Å².